The van der Waals surface area contributed by atoms with Crippen molar-refractivity contribution >= 4 is 27.1 Å². The fourth-order valence-corrected chi connectivity index (χ4v) is 3.91. The molecule has 3 aromatic rings. The van der Waals surface area contributed by atoms with Gasteiger partial charge in [-0.05, 0) is 41.8 Å². The Balaban J connectivity index is 2.30. The maximum Gasteiger partial charge on any atom is 0.127 e. The van der Waals surface area contributed by atoms with E-state index in [1.165, 1.54) is 10.4 Å². The van der Waals surface area contributed by atoms with Crippen molar-refractivity contribution in [1.29, 1.82) is 0 Å². The lowest BCUT2D eigenvalue weighted by Crippen LogP contribution is -1.88. The van der Waals surface area contributed by atoms with Crippen molar-refractivity contribution in [1.82, 2.24) is 0 Å². The van der Waals surface area contributed by atoms with Crippen LogP contribution in [0.5, 0.6) is 5.75 Å². The SMILES string of the molecule is COc1ccc(CO)c2sc(-c3ccc(N)cc3)c(C)c12. The first kappa shape index (κ1) is 13.9. The van der Waals surface area contributed by atoms with Crippen molar-refractivity contribution in [2.45, 2.75) is 13.5 Å². The van der Waals surface area contributed by atoms with Gasteiger partial charge in [-0.3, -0.25) is 0 Å². The van der Waals surface area contributed by atoms with Crippen LogP contribution >= 0.6 is 11.3 Å². The van der Waals surface area contributed by atoms with E-state index in [4.69, 9.17) is 10.5 Å². The molecule has 0 aliphatic heterocycles. The van der Waals surface area contributed by atoms with E-state index in [-0.39, 0.29) is 6.61 Å². The number of aliphatic hydroxyl groups excluding tert-OH is 1. The summed E-state index contributed by atoms with van der Waals surface area (Å²) >= 11 is 1.68. The van der Waals surface area contributed by atoms with Crippen LogP contribution in [0, 0.1) is 6.92 Å². The molecule has 3 N–H and O–H groups in total. The third-order valence-corrected chi connectivity index (χ3v) is 5.10. The van der Waals surface area contributed by atoms with Crippen LogP contribution in [0.2, 0.25) is 0 Å². The highest BCUT2D eigenvalue weighted by Crippen LogP contribution is 2.43. The standard InChI is InChI=1S/C17H17NO2S/c1-10-15-14(20-2)8-5-12(9-19)17(15)21-16(10)11-3-6-13(18)7-4-11/h3-8,19H,9,18H2,1-2H3. The molecular formula is C17H17NO2S. The number of hydrogen-bond acceptors (Lipinski definition) is 4. The molecule has 0 saturated carbocycles. The van der Waals surface area contributed by atoms with Gasteiger partial charge in [0.2, 0.25) is 0 Å². The first-order valence-electron chi connectivity index (χ1n) is 6.71. The van der Waals surface area contributed by atoms with Gasteiger partial charge in [-0.2, -0.15) is 0 Å². The van der Waals surface area contributed by atoms with E-state index in [1.54, 1.807) is 18.4 Å². The van der Waals surface area contributed by atoms with Crippen LogP contribution in [0.25, 0.3) is 20.5 Å². The molecule has 0 unspecified atom stereocenters. The predicted molar refractivity (Wildman–Crippen MR) is 88.9 cm³/mol. The molecule has 0 radical (unpaired) electrons. The molecule has 0 saturated heterocycles. The molecule has 21 heavy (non-hydrogen) atoms. The number of fused-ring (bicyclic) bond motifs is 1. The maximum absolute atomic E-state index is 9.56. The van der Waals surface area contributed by atoms with Gasteiger partial charge in [0.1, 0.15) is 5.75 Å². The van der Waals surface area contributed by atoms with Gasteiger partial charge in [0.25, 0.3) is 0 Å². The zero-order chi connectivity index (χ0) is 15.0. The minimum atomic E-state index is 0.0294. The first-order chi connectivity index (χ1) is 10.2. The lowest BCUT2D eigenvalue weighted by Gasteiger charge is -2.06. The minimum absolute atomic E-state index is 0.0294. The first-order valence-corrected chi connectivity index (χ1v) is 7.53. The second-order valence-corrected chi connectivity index (χ2v) is 5.99. The van der Waals surface area contributed by atoms with Crippen molar-refractivity contribution in [3.05, 3.63) is 47.5 Å². The highest BCUT2D eigenvalue weighted by atomic mass is 32.1. The number of hydrogen-bond donors (Lipinski definition) is 2. The van der Waals surface area contributed by atoms with Gasteiger partial charge in [-0.25, -0.2) is 0 Å². The zero-order valence-electron chi connectivity index (χ0n) is 12.0. The maximum atomic E-state index is 9.56. The average molecular weight is 299 g/mol. The number of nitrogen functional groups attached to an aromatic ring is 1. The summed E-state index contributed by atoms with van der Waals surface area (Å²) in [6.07, 6.45) is 0. The topological polar surface area (TPSA) is 55.5 Å². The van der Waals surface area contributed by atoms with Crippen molar-refractivity contribution < 1.29 is 9.84 Å². The number of thiophene rings is 1. The third-order valence-electron chi connectivity index (χ3n) is 3.68. The molecule has 0 spiro atoms. The highest BCUT2D eigenvalue weighted by molar-refractivity contribution is 7.22. The number of ether oxygens (including phenoxy) is 1. The van der Waals surface area contributed by atoms with Crippen LogP contribution in [0.15, 0.2) is 36.4 Å². The Morgan fingerprint density at radius 3 is 2.48 bits per heavy atom. The highest BCUT2D eigenvalue weighted by Gasteiger charge is 2.16. The lowest BCUT2D eigenvalue weighted by molar-refractivity contribution is 0.283. The molecule has 0 aliphatic carbocycles. The summed E-state index contributed by atoms with van der Waals surface area (Å²) in [7, 11) is 1.67. The van der Waals surface area contributed by atoms with E-state index in [2.05, 4.69) is 6.92 Å². The molecule has 3 nitrogen and oxygen atoms in total. The summed E-state index contributed by atoms with van der Waals surface area (Å²) in [5, 5.41) is 10.6. The van der Waals surface area contributed by atoms with E-state index in [9.17, 15) is 5.11 Å². The van der Waals surface area contributed by atoms with E-state index in [0.29, 0.717) is 0 Å². The van der Waals surface area contributed by atoms with Crippen LogP contribution in [-0.2, 0) is 6.61 Å². The zero-order valence-corrected chi connectivity index (χ0v) is 12.8. The van der Waals surface area contributed by atoms with Crippen molar-refractivity contribution in [3.8, 4) is 16.2 Å². The van der Waals surface area contributed by atoms with Crippen molar-refractivity contribution in [3.63, 3.8) is 0 Å². The third kappa shape index (κ3) is 2.26. The Bertz CT molecular complexity index is 791. The smallest absolute Gasteiger partial charge is 0.127 e. The monoisotopic (exact) mass is 299 g/mol. The van der Waals surface area contributed by atoms with Gasteiger partial charge in [0.15, 0.2) is 0 Å². The molecule has 4 heteroatoms. The quantitative estimate of drug-likeness (QED) is 0.720. The second-order valence-electron chi connectivity index (χ2n) is 4.97. The summed E-state index contributed by atoms with van der Waals surface area (Å²) in [4.78, 5) is 1.18. The minimum Gasteiger partial charge on any atom is -0.496 e. The summed E-state index contributed by atoms with van der Waals surface area (Å²) in [5.41, 5.74) is 9.75. The average Bonchev–Trinajstić information content (AvgIpc) is 2.85. The molecular weight excluding hydrogens is 282 g/mol. The lowest BCUT2D eigenvalue weighted by atomic mass is 10.0. The van der Waals surface area contributed by atoms with Gasteiger partial charge in [-0.1, -0.05) is 18.2 Å². The summed E-state index contributed by atoms with van der Waals surface area (Å²) in [5.74, 6) is 0.845. The van der Waals surface area contributed by atoms with Gasteiger partial charge in [0, 0.05) is 20.7 Å². The molecule has 1 aromatic heterocycles. The number of rotatable bonds is 3. The van der Waals surface area contributed by atoms with E-state index in [1.807, 2.05) is 36.4 Å². The number of nitrogens with two attached hydrogens (primary N) is 1. The number of anilines is 1. The Kier molecular flexibility index (Phi) is 3.57. The van der Waals surface area contributed by atoms with E-state index >= 15 is 0 Å². The summed E-state index contributed by atoms with van der Waals surface area (Å²) in [6.45, 7) is 2.12. The van der Waals surface area contributed by atoms with Crippen LogP contribution < -0.4 is 10.5 Å². The van der Waals surface area contributed by atoms with Crippen LogP contribution in [0.4, 0.5) is 5.69 Å². The Hall–Kier alpha value is -2.04. The summed E-state index contributed by atoms with van der Waals surface area (Å²) in [6, 6.07) is 11.7. The molecule has 0 atom stereocenters. The van der Waals surface area contributed by atoms with Crippen molar-refractivity contribution in [2.75, 3.05) is 12.8 Å². The number of aliphatic hydroxyl groups is 1. The number of benzene rings is 2. The largest absolute Gasteiger partial charge is 0.496 e. The molecule has 2 aromatic carbocycles. The fraction of sp³-hybridized carbons (Fsp3) is 0.176. The Labute approximate surface area is 127 Å². The van der Waals surface area contributed by atoms with Gasteiger partial charge in [0.05, 0.1) is 13.7 Å². The molecule has 108 valence electrons. The second kappa shape index (κ2) is 5.39. The number of aryl methyl sites for hydroxylation is 1. The van der Waals surface area contributed by atoms with Crippen LogP contribution in [-0.4, -0.2) is 12.2 Å². The fourth-order valence-electron chi connectivity index (χ4n) is 2.58. The summed E-state index contributed by atoms with van der Waals surface area (Å²) < 4.78 is 6.57. The van der Waals surface area contributed by atoms with Gasteiger partial charge in [-0.15, -0.1) is 11.3 Å². The van der Waals surface area contributed by atoms with Gasteiger partial charge >= 0.3 is 0 Å². The van der Waals surface area contributed by atoms with Gasteiger partial charge < -0.3 is 15.6 Å². The van der Waals surface area contributed by atoms with E-state index < -0.39 is 0 Å². The molecule has 1 heterocycles. The molecule has 0 aliphatic rings. The van der Waals surface area contributed by atoms with Crippen LogP contribution in [0.3, 0.4) is 0 Å². The molecule has 0 fully saturated rings. The Morgan fingerprint density at radius 2 is 1.86 bits per heavy atom. The molecule has 3 rings (SSSR count). The van der Waals surface area contributed by atoms with Crippen LogP contribution in [0.1, 0.15) is 11.1 Å². The predicted octanol–water partition coefficient (Wildman–Crippen LogP) is 3.96. The van der Waals surface area contributed by atoms with Crippen molar-refractivity contribution in [2.24, 2.45) is 0 Å². The molecule has 0 bridgehead atoms. The number of methoxy groups -OCH3 is 1. The van der Waals surface area contributed by atoms with E-state index in [0.717, 1.165) is 32.6 Å². The Morgan fingerprint density at radius 1 is 1.14 bits per heavy atom. The normalized spacial score (nSPS) is 11.0. The molecule has 0 amide bonds.